The van der Waals surface area contributed by atoms with Crippen molar-refractivity contribution in [3.05, 3.63) is 46.5 Å². The second-order valence-electron chi connectivity index (χ2n) is 5.82. The molecule has 0 bridgehead atoms. The van der Waals surface area contributed by atoms with E-state index >= 15 is 0 Å². The van der Waals surface area contributed by atoms with E-state index < -0.39 is 0 Å². The number of halogens is 1. The Labute approximate surface area is 150 Å². The normalized spacial score (nSPS) is 11.4. The monoisotopic (exact) mass is 359 g/mol. The van der Waals surface area contributed by atoms with Crippen molar-refractivity contribution in [2.45, 2.75) is 13.8 Å². The minimum Gasteiger partial charge on any atom is -0.444 e. The fourth-order valence-electron chi connectivity index (χ4n) is 2.30. The molecule has 0 saturated heterocycles. The van der Waals surface area contributed by atoms with Gasteiger partial charge in [0.15, 0.2) is 0 Å². The molecule has 1 aromatic heterocycles. The molecule has 24 heavy (non-hydrogen) atoms. The SMILES string of the molecule is Cc1cc(Oc2snc3cccc(Cl)c23)c(C)cc1N=CN(C)C. The molecule has 4 nitrogen and oxygen atoms in total. The third-order valence-corrected chi connectivity index (χ3v) is 4.60. The highest BCUT2D eigenvalue weighted by atomic mass is 35.5. The molecule has 6 heteroatoms. The van der Waals surface area contributed by atoms with E-state index in [1.807, 2.05) is 63.2 Å². The van der Waals surface area contributed by atoms with Crippen LogP contribution in [0.5, 0.6) is 10.8 Å². The third-order valence-electron chi connectivity index (χ3n) is 3.55. The van der Waals surface area contributed by atoms with Crippen LogP contribution in [0.1, 0.15) is 11.1 Å². The molecule has 0 atom stereocenters. The minimum absolute atomic E-state index is 0.651. The smallest absolute Gasteiger partial charge is 0.209 e. The van der Waals surface area contributed by atoms with Crippen LogP contribution in [0.15, 0.2) is 35.3 Å². The lowest BCUT2D eigenvalue weighted by Crippen LogP contribution is -2.07. The van der Waals surface area contributed by atoms with Crippen molar-refractivity contribution in [2.24, 2.45) is 4.99 Å². The van der Waals surface area contributed by atoms with E-state index in [9.17, 15) is 0 Å². The Kier molecular flexibility index (Phi) is 4.73. The second kappa shape index (κ2) is 6.79. The fourth-order valence-corrected chi connectivity index (χ4v) is 3.38. The first-order valence-corrected chi connectivity index (χ1v) is 8.64. The maximum Gasteiger partial charge on any atom is 0.209 e. The summed E-state index contributed by atoms with van der Waals surface area (Å²) in [5.74, 6) is 0.793. The quantitative estimate of drug-likeness (QED) is 0.450. The molecule has 124 valence electrons. The zero-order valence-corrected chi connectivity index (χ0v) is 15.6. The Bertz CT molecular complexity index is 918. The molecule has 0 aliphatic rings. The van der Waals surface area contributed by atoms with Crippen LogP contribution in [0.3, 0.4) is 0 Å². The molecule has 0 spiro atoms. The lowest BCUT2D eigenvalue weighted by molar-refractivity contribution is 0.497. The average Bonchev–Trinajstić information content (AvgIpc) is 2.93. The van der Waals surface area contributed by atoms with E-state index in [2.05, 4.69) is 9.37 Å². The molecule has 1 heterocycles. The van der Waals surface area contributed by atoms with Crippen molar-refractivity contribution >= 4 is 46.1 Å². The highest BCUT2D eigenvalue weighted by molar-refractivity contribution is 7.09. The predicted molar refractivity (Wildman–Crippen MR) is 102 cm³/mol. The van der Waals surface area contributed by atoms with Gasteiger partial charge >= 0.3 is 0 Å². The number of hydrogen-bond acceptors (Lipinski definition) is 4. The first-order valence-electron chi connectivity index (χ1n) is 7.49. The Morgan fingerprint density at radius 2 is 2.00 bits per heavy atom. The Morgan fingerprint density at radius 3 is 2.75 bits per heavy atom. The van der Waals surface area contributed by atoms with Crippen molar-refractivity contribution in [2.75, 3.05) is 14.1 Å². The summed E-state index contributed by atoms with van der Waals surface area (Å²) in [7, 11) is 3.89. The van der Waals surface area contributed by atoms with Crippen LogP contribution in [0, 0.1) is 13.8 Å². The molecule has 0 fully saturated rings. The van der Waals surface area contributed by atoms with Gasteiger partial charge in [-0.25, -0.2) is 4.99 Å². The van der Waals surface area contributed by atoms with Gasteiger partial charge in [-0.1, -0.05) is 17.7 Å². The molecular weight excluding hydrogens is 342 g/mol. The largest absolute Gasteiger partial charge is 0.444 e. The minimum atomic E-state index is 0.651. The molecule has 3 rings (SSSR count). The molecule has 3 aromatic rings. The van der Waals surface area contributed by atoms with Gasteiger partial charge in [0.1, 0.15) is 5.75 Å². The van der Waals surface area contributed by atoms with Crippen LogP contribution >= 0.6 is 23.1 Å². The highest BCUT2D eigenvalue weighted by Gasteiger charge is 2.13. The van der Waals surface area contributed by atoms with Gasteiger partial charge < -0.3 is 9.64 Å². The summed E-state index contributed by atoms with van der Waals surface area (Å²) in [5.41, 5.74) is 3.85. The van der Waals surface area contributed by atoms with Gasteiger partial charge in [0.05, 0.1) is 28.0 Å². The van der Waals surface area contributed by atoms with Crippen molar-refractivity contribution in [3.63, 3.8) is 0 Å². The Balaban J connectivity index is 1.97. The number of ether oxygens (including phenoxy) is 1. The molecule has 2 aromatic carbocycles. The molecule has 0 radical (unpaired) electrons. The Morgan fingerprint density at radius 1 is 1.21 bits per heavy atom. The van der Waals surface area contributed by atoms with E-state index in [1.165, 1.54) is 11.5 Å². The van der Waals surface area contributed by atoms with Gasteiger partial charge in [0.25, 0.3) is 0 Å². The molecule has 0 saturated carbocycles. The van der Waals surface area contributed by atoms with Crippen LogP contribution in [-0.2, 0) is 0 Å². The number of benzene rings is 2. The summed E-state index contributed by atoms with van der Waals surface area (Å²) in [6.07, 6.45) is 1.79. The summed E-state index contributed by atoms with van der Waals surface area (Å²) in [6, 6.07) is 9.70. The number of aromatic nitrogens is 1. The Hall–Kier alpha value is -2.11. The second-order valence-corrected chi connectivity index (χ2v) is 6.96. The van der Waals surface area contributed by atoms with E-state index in [0.717, 1.165) is 33.5 Å². The molecule has 0 aliphatic carbocycles. The fraction of sp³-hybridized carbons (Fsp3) is 0.222. The first kappa shape index (κ1) is 16.7. The van der Waals surface area contributed by atoms with Gasteiger partial charge in [-0.3, -0.25) is 0 Å². The van der Waals surface area contributed by atoms with E-state index in [4.69, 9.17) is 16.3 Å². The van der Waals surface area contributed by atoms with Gasteiger partial charge in [-0.05, 0) is 49.2 Å². The summed E-state index contributed by atoms with van der Waals surface area (Å²) in [6.45, 7) is 4.03. The third kappa shape index (κ3) is 3.37. The molecule has 0 aliphatic heterocycles. The van der Waals surface area contributed by atoms with Gasteiger partial charge in [-0.15, -0.1) is 0 Å². The van der Waals surface area contributed by atoms with E-state index in [0.29, 0.717) is 10.1 Å². The first-order chi connectivity index (χ1) is 11.5. The van der Waals surface area contributed by atoms with Crippen molar-refractivity contribution in [3.8, 4) is 10.8 Å². The van der Waals surface area contributed by atoms with Gasteiger partial charge in [0, 0.05) is 25.6 Å². The molecule has 0 unspecified atom stereocenters. The number of hydrogen-bond donors (Lipinski definition) is 0. The topological polar surface area (TPSA) is 37.7 Å². The lowest BCUT2D eigenvalue weighted by atomic mass is 10.1. The van der Waals surface area contributed by atoms with Crippen LogP contribution in [0.4, 0.5) is 5.69 Å². The number of nitrogens with zero attached hydrogens (tertiary/aromatic N) is 3. The van der Waals surface area contributed by atoms with Crippen LogP contribution in [0.25, 0.3) is 10.9 Å². The average molecular weight is 360 g/mol. The zero-order chi connectivity index (χ0) is 17.3. The summed E-state index contributed by atoms with van der Waals surface area (Å²) < 4.78 is 10.5. The van der Waals surface area contributed by atoms with Gasteiger partial charge in [-0.2, -0.15) is 4.37 Å². The van der Waals surface area contributed by atoms with Crippen LogP contribution in [-0.4, -0.2) is 29.7 Å². The van der Waals surface area contributed by atoms with Crippen molar-refractivity contribution < 1.29 is 4.74 Å². The van der Waals surface area contributed by atoms with Crippen molar-refractivity contribution in [1.82, 2.24) is 9.27 Å². The summed E-state index contributed by atoms with van der Waals surface area (Å²) in [5, 5.41) is 2.22. The molecule has 0 amide bonds. The molecular formula is C18H18ClN3OS. The van der Waals surface area contributed by atoms with E-state index in [-0.39, 0.29) is 0 Å². The zero-order valence-electron chi connectivity index (χ0n) is 14.0. The molecule has 0 N–H and O–H groups in total. The van der Waals surface area contributed by atoms with Crippen LogP contribution in [0.2, 0.25) is 5.02 Å². The standard InChI is InChI=1S/C18H18ClN3OS/c1-11-9-16(12(2)8-15(11)20-10-22(3)4)23-18-17-13(19)6-5-7-14(17)21-24-18/h5-10H,1-4H3. The number of aliphatic imine (C=N–C) groups is 1. The predicted octanol–water partition coefficient (Wildman–Crippen LogP) is 5.58. The summed E-state index contributed by atoms with van der Waals surface area (Å²) in [4.78, 5) is 6.39. The highest BCUT2D eigenvalue weighted by Crippen LogP contribution is 2.40. The van der Waals surface area contributed by atoms with Gasteiger partial charge in [0.2, 0.25) is 5.06 Å². The number of rotatable bonds is 4. The summed E-state index contributed by atoms with van der Waals surface area (Å²) >= 11 is 7.61. The lowest BCUT2D eigenvalue weighted by Gasteiger charge is -2.11. The number of aryl methyl sites for hydroxylation is 2. The van der Waals surface area contributed by atoms with E-state index in [1.54, 1.807) is 6.34 Å². The number of fused-ring (bicyclic) bond motifs is 1. The van der Waals surface area contributed by atoms with Crippen molar-refractivity contribution in [1.29, 1.82) is 0 Å². The van der Waals surface area contributed by atoms with Crippen LogP contribution < -0.4 is 4.74 Å². The maximum atomic E-state index is 6.30. The maximum absolute atomic E-state index is 6.30.